The number of nitrogens with two attached hydrogens (primary N) is 1. The first-order valence-corrected chi connectivity index (χ1v) is 10.8. The fourth-order valence-electron chi connectivity index (χ4n) is 3.13. The average Bonchev–Trinajstić information content (AvgIpc) is 3.48. The lowest BCUT2D eigenvalue weighted by atomic mass is 10.0. The van der Waals surface area contributed by atoms with E-state index in [1.54, 1.807) is 35.4 Å². The number of amides is 3. The number of aryl methyl sites for hydroxylation is 1. The number of hydrazine groups is 1. The Hall–Kier alpha value is -4.16. The minimum absolute atomic E-state index is 0.306. The molecule has 168 valence electrons. The summed E-state index contributed by atoms with van der Waals surface area (Å²) in [6.07, 6.45) is 8.29. The van der Waals surface area contributed by atoms with Crippen LogP contribution in [0.3, 0.4) is 0 Å². The van der Waals surface area contributed by atoms with Crippen molar-refractivity contribution in [2.75, 3.05) is 11.9 Å². The molecule has 11 nitrogen and oxygen atoms in total. The third-order valence-corrected chi connectivity index (χ3v) is 5.54. The number of nitrogen functional groups attached to an aromatic ring is 1. The number of nitrogens with zero attached hydrogens (tertiary/aromatic N) is 5. The number of anilines is 1. The van der Waals surface area contributed by atoms with Gasteiger partial charge in [-0.1, -0.05) is 0 Å². The molecule has 33 heavy (non-hydrogen) atoms. The number of hydrogen-bond donors (Lipinski definition) is 4. The molecule has 0 unspecified atom stereocenters. The molecule has 4 aromatic rings. The van der Waals surface area contributed by atoms with Crippen LogP contribution in [-0.2, 0) is 7.05 Å². The van der Waals surface area contributed by atoms with Crippen LogP contribution >= 0.6 is 11.3 Å². The second-order valence-electron chi connectivity index (χ2n) is 6.98. The monoisotopic (exact) mass is 463 g/mol. The van der Waals surface area contributed by atoms with E-state index in [4.69, 9.17) is 10.8 Å². The predicted octanol–water partition coefficient (Wildman–Crippen LogP) is 2.41. The SMILES string of the molecule is CCNC(=O)Nc1cc(-c2nc(-c3cnn(C)c3)cs2)c(-c2cncc(C(=O)NN)c2)cn1. The highest BCUT2D eigenvalue weighted by Crippen LogP contribution is 2.36. The van der Waals surface area contributed by atoms with Gasteiger partial charge in [0.25, 0.3) is 5.91 Å². The third-order valence-electron chi connectivity index (χ3n) is 4.66. The lowest BCUT2D eigenvalue weighted by Crippen LogP contribution is -2.30. The van der Waals surface area contributed by atoms with Crippen molar-refractivity contribution >= 4 is 29.1 Å². The molecule has 0 radical (unpaired) electrons. The van der Waals surface area contributed by atoms with E-state index >= 15 is 0 Å². The fourth-order valence-corrected chi connectivity index (χ4v) is 3.99. The summed E-state index contributed by atoms with van der Waals surface area (Å²) in [6, 6.07) is 3.05. The first-order valence-electron chi connectivity index (χ1n) is 9.94. The molecular weight excluding hydrogens is 442 g/mol. The summed E-state index contributed by atoms with van der Waals surface area (Å²) in [7, 11) is 1.84. The van der Waals surface area contributed by atoms with E-state index in [-0.39, 0.29) is 6.03 Å². The molecule has 0 aliphatic rings. The number of thiazole rings is 1. The highest BCUT2D eigenvalue weighted by atomic mass is 32.1. The Bertz CT molecular complexity index is 1310. The fraction of sp³-hybridized carbons (Fsp3) is 0.143. The zero-order valence-corrected chi connectivity index (χ0v) is 18.7. The Balaban J connectivity index is 1.80. The van der Waals surface area contributed by atoms with E-state index in [1.165, 1.54) is 17.5 Å². The molecule has 5 N–H and O–H groups in total. The predicted molar refractivity (Wildman–Crippen MR) is 125 cm³/mol. The van der Waals surface area contributed by atoms with Crippen LogP contribution in [0, 0.1) is 0 Å². The molecule has 4 heterocycles. The van der Waals surface area contributed by atoms with E-state index in [0.29, 0.717) is 34.1 Å². The van der Waals surface area contributed by atoms with Gasteiger partial charge in [-0.25, -0.2) is 20.6 Å². The second-order valence-corrected chi connectivity index (χ2v) is 7.83. The Morgan fingerprint density at radius 2 is 1.97 bits per heavy atom. The largest absolute Gasteiger partial charge is 0.338 e. The summed E-state index contributed by atoms with van der Waals surface area (Å²) in [5.74, 6) is 5.17. The maximum atomic E-state index is 12.0. The van der Waals surface area contributed by atoms with Crippen LogP contribution in [0.2, 0.25) is 0 Å². The van der Waals surface area contributed by atoms with Gasteiger partial charge in [-0.05, 0) is 19.1 Å². The molecule has 0 bridgehead atoms. The van der Waals surface area contributed by atoms with E-state index in [1.807, 2.05) is 25.5 Å². The number of hydrogen-bond acceptors (Lipinski definition) is 8. The topological polar surface area (TPSA) is 153 Å². The van der Waals surface area contributed by atoms with Crippen LogP contribution in [0.4, 0.5) is 10.6 Å². The first kappa shape index (κ1) is 22.0. The molecule has 3 amide bonds. The van der Waals surface area contributed by atoms with Crippen LogP contribution in [0.15, 0.2) is 48.5 Å². The molecule has 0 fully saturated rings. The molecule has 0 aliphatic carbocycles. The minimum Gasteiger partial charge on any atom is -0.338 e. The van der Waals surface area contributed by atoms with Gasteiger partial charge in [0.2, 0.25) is 0 Å². The van der Waals surface area contributed by atoms with Gasteiger partial charge in [-0.2, -0.15) is 5.10 Å². The number of rotatable bonds is 6. The van der Waals surface area contributed by atoms with Crippen molar-refractivity contribution in [3.63, 3.8) is 0 Å². The molecular formula is C21H21N9O2S. The molecule has 0 saturated heterocycles. The van der Waals surface area contributed by atoms with Gasteiger partial charge in [0.05, 0.1) is 17.5 Å². The van der Waals surface area contributed by atoms with Gasteiger partial charge in [-0.3, -0.25) is 25.2 Å². The van der Waals surface area contributed by atoms with Crippen molar-refractivity contribution < 1.29 is 9.59 Å². The van der Waals surface area contributed by atoms with Gasteiger partial charge in [0.15, 0.2) is 0 Å². The molecule has 4 rings (SSSR count). The van der Waals surface area contributed by atoms with Crippen LogP contribution in [0.25, 0.3) is 33.0 Å². The van der Waals surface area contributed by atoms with E-state index < -0.39 is 5.91 Å². The molecule has 0 spiro atoms. The summed E-state index contributed by atoms with van der Waals surface area (Å²) in [5, 5.41) is 12.2. The Kier molecular flexibility index (Phi) is 6.38. The number of carbonyl (C=O) groups is 2. The van der Waals surface area contributed by atoms with Crippen molar-refractivity contribution in [3.8, 4) is 33.0 Å². The van der Waals surface area contributed by atoms with Crippen molar-refractivity contribution in [2.45, 2.75) is 6.92 Å². The van der Waals surface area contributed by atoms with Crippen LogP contribution in [0.1, 0.15) is 17.3 Å². The van der Waals surface area contributed by atoms with Crippen molar-refractivity contribution in [3.05, 3.63) is 54.1 Å². The normalized spacial score (nSPS) is 10.6. The third kappa shape index (κ3) is 4.86. The molecule has 4 aromatic heterocycles. The molecule has 0 atom stereocenters. The second kappa shape index (κ2) is 9.54. The van der Waals surface area contributed by atoms with E-state index in [0.717, 1.165) is 16.8 Å². The van der Waals surface area contributed by atoms with E-state index in [9.17, 15) is 9.59 Å². The summed E-state index contributed by atoms with van der Waals surface area (Å²) in [6.45, 7) is 2.31. The maximum absolute atomic E-state index is 12.0. The van der Waals surface area contributed by atoms with Crippen molar-refractivity contribution in [2.24, 2.45) is 12.9 Å². The summed E-state index contributed by atoms with van der Waals surface area (Å²) < 4.78 is 1.71. The maximum Gasteiger partial charge on any atom is 0.320 e. The molecule has 12 heteroatoms. The van der Waals surface area contributed by atoms with Crippen LogP contribution in [-0.4, -0.2) is 43.2 Å². The Morgan fingerprint density at radius 1 is 1.12 bits per heavy atom. The Morgan fingerprint density at radius 3 is 2.70 bits per heavy atom. The molecule has 0 aromatic carbocycles. The lowest BCUT2D eigenvalue weighted by Gasteiger charge is -2.11. The summed E-state index contributed by atoms with van der Waals surface area (Å²) >= 11 is 1.44. The number of urea groups is 1. The minimum atomic E-state index is -0.457. The highest BCUT2D eigenvalue weighted by Gasteiger charge is 2.17. The van der Waals surface area contributed by atoms with Gasteiger partial charge in [0, 0.05) is 66.0 Å². The summed E-state index contributed by atoms with van der Waals surface area (Å²) in [5.41, 5.74) is 6.15. The number of aromatic nitrogens is 5. The molecule has 0 aliphatic heterocycles. The van der Waals surface area contributed by atoms with Gasteiger partial charge >= 0.3 is 6.03 Å². The Labute approximate surface area is 193 Å². The number of pyridine rings is 2. The zero-order chi connectivity index (χ0) is 23.4. The van der Waals surface area contributed by atoms with Crippen LogP contribution in [0.5, 0.6) is 0 Å². The summed E-state index contributed by atoms with van der Waals surface area (Å²) in [4.78, 5) is 37.3. The zero-order valence-electron chi connectivity index (χ0n) is 17.9. The van der Waals surface area contributed by atoms with Gasteiger partial charge < -0.3 is 5.32 Å². The van der Waals surface area contributed by atoms with Gasteiger partial charge in [-0.15, -0.1) is 11.3 Å². The number of carbonyl (C=O) groups excluding carboxylic acids is 2. The van der Waals surface area contributed by atoms with Crippen molar-refractivity contribution in [1.29, 1.82) is 0 Å². The average molecular weight is 464 g/mol. The standard InChI is InChI=1S/C21H21N9O2S/c1-3-24-21(32)28-18-5-15(20-27-17(11-33-20)14-8-26-30(2)10-14)16(9-25-18)12-4-13(7-23-6-12)19(31)29-22/h4-11H,3,22H2,1-2H3,(H,29,31)(H2,24,25,28,32). The number of nitrogens with one attached hydrogen (secondary N) is 3. The smallest absolute Gasteiger partial charge is 0.320 e. The van der Waals surface area contributed by atoms with Crippen LogP contribution < -0.4 is 21.9 Å². The quantitative estimate of drug-likeness (QED) is 0.195. The van der Waals surface area contributed by atoms with E-state index in [2.05, 4.69) is 31.1 Å². The lowest BCUT2D eigenvalue weighted by molar-refractivity contribution is 0.0953. The van der Waals surface area contributed by atoms with Gasteiger partial charge in [0.1, 0.15) is 10.8 Å². The highest BCUT2D eigenvalue weighted by molar-refractivity contribution is 7.13. The molecule has 0 saturated carbocycles. The van der Waals surface area contributed by atoms with Crippen molar-refractivity contribution in [1.82, 2.24) is 35.5 Å². The first-order chi connectivity index (χ1) is 16.0.